The lowest BCUT2D eigenvalue weighted by atomic mass is 9.85. The first-order chi connectivity index (χ1) is 12.5. The third kappa shape index (κ3) is 1.78. The number of imide groups is 1. The lowest BCUT2D eigenvalue weighted by Crippen LogP contribution is -2.35. The van der Waals surface area contributed by atoms with Crippen LogP contribution in [0.3, 0.4) is 0 Å². The van der Waals surface area contributed by atoms with Gasteiger partial charge in [0, 0.05) is 5.56 Å². The second kappa shape index (κ2) is 5.06. The molecule has 0 unspecified atom stereocenters. The molecule has 0 aromatic heterocycles. The fourth-order valence-corrected chi connectivity index (χ4v) is 5.50. The summed E-state index contributed by atoms with van der Waals surface area (Å²) in [5.74, 6) is -0.0377. The van der Waals surface area contributed by atoms with Gasteiger partial charge in [-0.1, -0.05) is 12.2 Å². The van der Waals surface area contributed by atoms with Crippen molar-refractivity contribution in [1.29, 1.82) is 0 Å². The van der Waals surface area contributed by atoms with E-state index in [0.29, 0.717) is 23.6 Å². The van der Waals surface area contributed by atoms with Crippen molar-refractivity contribution >= 4 is 23.3 Å². The lowest BCUT2D eigenvalue weighted by Gasteiger charge is -2.23. The maximum Gasteiger partial charge on any atom is 0.238 e. The number of amides is 2. The molecule has 0 radical (unpaired) electrons. The van der Waals surface area contributed by atoms with E-state index in [4.69, 9.17) is 4.74 Å². The van der Waals surface area contributed by atoms with Gasteiger partial charge in [0.1, 0.15) is 5.75 Å². The highest BCUT2D eigenvalue weighted by molar-refractivity contribution is 6.24. The highest BCUT2D eigenvalue weighted by atomic mass is 16.5. The van der Waals surface area contributed by atoms with E-state index >= 15 is 0 Å². The largest absolute Gasteiger partial charge is 0.492 e. The molecule has 2 amide bonds. The van der Waals surface area contributed by atoms with Gasteiger partial charge < -0.3 is 4.74 Å². The predicted octanol–water partition coefficient (Wildman–Crippen LogP) is 2.99. The smallest absolute Gasteiger partial charge is 0.238 e. The van der Waals surface area contributed by atoms with E-state index in [0.717, 1.165) is 12.8 Å². The number of ketones is 1. The number of hydrogen-bond donors (Lipinski definition) is 0. The van der Waals surface area contributed by atoms with E-state index in [-0.39, 0.29) is 46.7 Å². The van der Waals surface area contributed by atoms with E-state index in [1.54, 1.807) is 18.2 Å². The molecule has 1 heterocycles. The van der Waals surface area contributed by atoms with Crippen LogP contribution in [0.2, 0.25) is 0 Å². The number of hydrogen-bond acceptors (Lipinski definition) is 4. The van der Waals surface area contributed by atoms with E-state index in [2.05, 4.69) is 12.2 Å². The number of fused-ring (bicyclic) bond motifs is 3. The van der Waals surface area contributed by atoms with Crippen molar-refractivity contribution in [3.05, 3.63) is 35.9 Å². The molecule has 2 saturated carbocycles. The van der Waals surface area contributed by atoms with Gasteiger partial charge in [0.15, 0.2) is 5.78 Å². The maximum absolute atomic E-state index is 13.3. The van der Waals surface area contributed by atoms with E-state index in [1.807, 2.05) is 6.92 Å². The number of Topliss-reactive ketones (excluding diaryl/α,β-unsaturated/α-hetero) is 1. The highest BCUT2D eigenvalue weighted by Gasteiger charge is 2.73. The Morgan fingerprint density at radius 1 is 1.15 bits per heavy atom. The summed E-state index contributed by atoms with van der Waals surface area (Å²) in [6, 6.07) is 4.97. The number of carbonyl (C=O) groups excluding carboxylic acids is 3. The van der Waals surface area contributed by atoms with Crippen LogP contribution in [-0.4, -0.2) is 24.2 Å². The molecular formula is C21H21NO4. The van der Waals surface area contributed by atoms with Gasteiger partial charge in [-0.2, -0.15) is 0 Å². The summed E-state index contributed by atoms with van der Waals surface area (Å²) in [6.45, 7) is 3.75. The topological polar surface area (TPSA) is 63.7 Å². The summed E-state index contributed by atoms with van der Waals surface area (Å²) in [4.78, 5) is 39.6. The molecule has 26 heavy (non-hydrogen) atoms. The first-order valence-corrected chi connectivity index (χ1v) is 9.33. The van der Waals surface area contributed by atoms with Gasteiger partial charge >= 0.3 is 0 Å². The van der Waals surface area contributed by atoms with E-state index in [9.17, 15) is 14.4 Å². The predicted molar refractivity (Wildman–Crippen MR) is 94.9 cm³/mol. The Morgan fingerprint density at radius 2 is 1.77 bits per heavy atom. The van der Waals surface area contributed by atoms with Crippen molar-refractivity contribution in [2.24, 2.45) is 29.1 Å². The van der Waals surface area contributed by atoms with Gasteiger partial charge in [-0.15, -0.1) is 0 Å². The minimum absolute atomic E-state index is 0.104. The summed E-state index contributed by atoms with van der Waals surface area (Å²) in [5, 5.41) is 0. The average Bonchev–Trinajstić information content (AvgIpc) is 3.21. The zero-order chi connectivity index (χ0) is 18.2. The fraction of sp³-hybridized carbons (Fsp3) is 0.476. The minimum Gasteiger partial charge on any atom is -0.492 e. The Balaban J connectivity index is 1.58. The third-order valence-electron chi connectivity index (χ3n) is 6.76. The van der Waals surface area contributed by atoms with Crippen molar-refractivity contribution in [2.75, 3.05) is 11.5 Å². The summed E-state index contributed by atoms with van der Waals surface area (Å²) >= 11 is 0. The van der Waals surface area contributed by atoms with Crippen molar-refractivity contribution in [1.82, 2.24) is 0 Å². The average molecular weight is 351 g/mol. The molecule has 3 fully saturated rings. The lowest BCUT2D eigenvalue weighted by molar-refractivity contribution is -0.123. The molecule has 5 heteroatoms. The summed E-state index contributed by atoms with van der Waals surface area (Å²) in [6.07, 6.45) is 6.55. The fourth-order valence-electron chi connectivity index (χ4n) is 5.50. The standard InChI is InChI=1S/C21H21NO4/c1-3-26-16-7-4-12(11(2)23)10-15(16)22-19(24)17-13-5-6-14(18(17)20(22)25)21(13)8-9-21/h4-7,10,13-14,17-18H,3,8-9H2,1-2H3/t13-,14-,17+,18+/m1/s1. The van der Waals surface area contributed by atoms with Crippen molar-refractivity contribution in [3.8, 4) is 5.75 Å². The van der Waals surface area contributed by atoms with Crippen LogP contribution in [0.1, 0.15) is 37.0 Å². The van der Waals surface area contributed by atoms with Gasteiger partial charge in [0.05, 0.1) is 24.1 Å². The number of benzene rings is 1. The maximum atomic E-state index is 13.3. The number of nitrogens with zero attached hydrogens (tertiary/aromatic N) is 1. The van der Waals surface area contributed by atoms with E-state index < -0.39 is 0 Å². The minimum atomic E-state index is -0.254. The third-order valence-corrected chi connectivity index (χ3v) is 6.76. The Labute approximate surface area is 152 Å². The molecule has 4 atom stereocenters. The molecule has 1 saturated heterocycles. The van der Waals surface area contributed by atoms with Gasteiger partial charge in [0.2, 0.25) is 11.8 Å². The Morgan fingerprint density at radius 3 is 2.27 bits per heavy atom. The normalized spacial score (nSPS) is 32.5. The second-order valence-corrected chi connectivity index (χ2v) is 7.90. The van der Waals surface area contributed by atoms with Crippen molar-refractivity contribution in [2.45, 2.75) is 26.7 Å². The van der Waals surface area contributed by atoms with Crippen LogP contribution in [-0.2, 0) is 9.59 Å². The van der Waals surface area contributed by atoms with Gasteiger partial charge in [0.25, 0.3) is 0 Å². The number of ether oxygens (including phenoxy) is 1. The first kappa shape index (κ1) is 15.8. The molecule has 1 spiro atoms. The Bertz CT molecular complexity index is 848. The summed E-state index contributed by atoms with van der Waals surface area (Å²) < 4.78 is 5.65. The quantitative estimate of drug-likeness (QED) is 0.475. The van der Waals surface area contributed by atoms with E-state index in [1.165, 1.54) is 11.8 Å². The number of anilines is 1. The zero-order valence-corrected chi connectivity index (χ0v) is 14.9. The summed E-state index contributed by atoms with van der Waals surface area (Å²) in [7, 11) is 0. The highest BCUT2D eigenvalue weighted by Crippen LogP contribution is 2.73. The van der Waals surface area contributed by atoms with Crippen LogP contribution < -0.4 is 9.64 Å². The monoisotopic (exact) mass is 351 g/mol. The number of carbonyl (C=O) groups is 3. The van der Waals surface area contributed by atoms with Crippen LogP contribution in [0.4, 0.5) is 5.69 Å². The van der Waals surface area contributed by atoms with Crippen molar-refractivity contribution in [3.63, 3.8) is 0 Å². The van der Waals surface area contributed by atoms with Crippen LogP contribution in [0.25, 0.3) is 0 Å². The van der Waals surface area contributed by atoms with Gasteiger partial charge in [-0.25, -0.2) is 4.90 Å². The molecule has 3 aliphatic carbocycles. The first-order valence-electron chi connectivity index (χ1n) is 9.33. The SMILES string of the molecule is CCOc1ccc(C(C)=O)cc1N1C(=O)[C@@H]2[C@@H](C1=O)[C@H]1C=C[C@H]2C12CC2. The van der Waals surface area contributed by atoms with Gasteiger partial charge in [-0.3, -0.25) is 14.4 Å². The number of allylic oxidation sites excluding steroid dienone is 2. The molecule has 1 aromatic rings. The summed E-state index contributed by atoms with van der Waals surface area (Å²) in [5.41, 5.74) is 1.06. The van der Waals surface area contributed by atoms with Crippen LogP contribution in [0, 0.1) is 29.1 Å². The molecule has 1 aliphatic heterocycles. The zero-order valence-electron chi connectivity index (χ0n) is 14.9. The molecule has 2 bridgehead atoms. The molecule has 134 valence electrons. The molecular weight excluding hydrogens is 330 g/mol. The number of rotatable bonds is 4. The van der Waals surface area contributed by atoms with Crippen molar-refractivity contribution < 1.29 is 19.1 Å². The van der Waals surface area contributed by atoms with Gasteiger partial charge in [-0.05, 0) is 62.1 Å². The molecule has 5 nitrogen and oxygen atoms in total. The second-order valence-electron chi connectivity index (χ2n) is 7.90. The van der Waals surface area contributed by atoms with Crippen LogP contribution in [0.15, 0.2) is 30.4 Å². The van der Waals surface area contributed by atoms with Crippen LogP contribution >= 0.6 is 0 Å². The Hall–Kier alpha value is -2.43. The molecule has 1 aromatic carbocycles. The van der Waals surface area contributed by atoms with Crippen LogP contribution in [0.5, 0.6) is 5.75 Å². The Kier molecular flexibility index (Phi) is 3.07. The molecule has 0 N–H and O–H groups in total. The molecule has 4 aliphatic rings. The molecule has 5 rings (SSSR count).